The van der Waals surface area contributed by atoms with E-state index >= 15 is 0 Å². The molecule has 0 spiro atoms. The lowest BCUT2D eigenvalue weighted by molar-refractivity contribution is 0.273. The third kappa shape index (κ3) is 2.38. The zero-order valence-electron chi connectivity index (χ0n) is 11.0. The zero-order chi connectivity index (χ0) is 12.4. The predicted molar refractivity (Wildman–Crippen MR) is 75.8 cm³/mol. The summed E-state index contributed by atoms with van der Waals surface area (Å²) in [7, 11) is 0. The number of hydrogen-bond acceptors (Lipinski definition) is 3. The summed E-state index contributed by atoms with van der Waals surface area (Å²) in [5.41, 5.74) is 8.33. The van der Waals surface area contributed by atoms with E-state index in [1.54, 1.807) is 0 Å². The standard InChI is InChI=1S/C15H23N3/c16-11-13-4-1-5-14(10-13)18-9-3-8-17-7-2-6-15(17)12-18/h1,4-5,10,15H,2-3,6-9,11-12,16H2. The summed E-state index contributed by atoms with van der Waals surface area (Å²) < 4.78 is 0. The fourth-order valence-electron chi connectivity index (χ4n) is 3.32. The maximum Gasteiger partial charge on any atom is 0.0369 e. The van der Waals surface area contributed by atoms with Gasteiger partial charge < -0.3 is 10.6 Å². The largest absolute Gasteiger partial charge is 0.370 e. The van der Waals surface area contributed by atoms with Gasteiger partial charge in [0.05, 0.1) is 0 Å². The van der Waals surface area contributed by atoms with Gasteiger partial charge in [0.25, 0.3) is 0 Å². The average molecular weight is 245 g/mol. The summed E-state index contributed by atoms with van der Waals surface area (Å²) >= 11 is 0. The molecular weight excluding hydrogens is 222 g/mol. The van der Waals surface area contributed by atoms with Gasteiger partial charge in [-0.1, -0.05) is 12.1 Å². The number of benzene rings is 1. The smallest absolute Gasteiger partial charge is 0.0369 e. The van der Waals surface area contributed by atoms with Crippen molar-refractivity contribution in [1.82, 2.24) is 4.90 Å². The van der Waals surface area contributed by atoms with Crippen molar-refractivity contribution in [2.45, 2.75) is 31.8 Å². The lowest BCUT2D eigenvalue weighted by atomic mass is 10.1. The van der Waals surface area contributed by atoms with Gasteiger partial charge in [-0.3, -0.25) is 4.90 Å². The Morgan fingerprint density at radius 2 is 2.06 bits per heavy atom. The Bertz CT molecular complexity index is 404. The van der Waals surface area contributed by atoms with Crippen molar-refractivity contribution in [3.63, 3.8) is 0 Å². The fraction of sp³-hybridized carbons (Fsp3) is 0.600. The third-order valence-corrected chi connectivity index (χ3v) is 4.31. The van der Waals surface area contributed by atoms with Crippen molar-refractivity contribution in [3.8, 4) is 0 Å². The summed E-state index contributed by atoms with van der Waals surface area (Å²) in [4.78, 5) is 5.22. The Labute approximate surface area is 110 Å². The molecule has 1 aromatic carbocycles. The molecule has 3 nitrogen and oxygen atoms in total. The van der Waals surface area contributed by atoms with Crippen molar-refractivity contribution in [3.05, 3.63) is 29.8 Å². The van der Waals surface area contributed by atoms with E-state index in [1.165, 1.54) is 56.7 Å². The average Bonchev–Trinajstić information content (AvgIpc) is 2.76. The zero-order valence-corrected chi connectivity index (χ0v) is 11.0. The van der Waals surface area contributed by atoms with Crippen LogP contribution in [0.2, 0.25) is 0 Å². The van der Waals surface area contributed by atoms with Crippen LogP contribution in [-0.2, 0) is 6.54 Å². The third-order valence-electron chi connectivity index (χ3n) is 4.31. The van der Waals surface area contributed by atoms with Gasteiger partial charge >= 0.3 is 0 Å². The van der Waals surface area contributed by atoms with Gasteiger partial charge in [-0.15, -0.1) is 0 Å². The van der Waals surface area contributed by atoms with Gasteiger partial charge in [-0.2, -0.15) is 0 Å². The van der Waals surface area contributed by atoms with Gasteiger partial charge in [0.15, 0.2) is 0 Å². The second-order valence-electron chi connectivity index (χ2n) is 5.51. The van der Waals surface area contributed by atoms with Gasteiger partial charge in [-0.05, 0) is 43.5 Å². The Balaban J connectivity index is 1.78. The Kier molecular flexibility index (Phi) is 3.52. The molecule has 0 bridgehead atoms. The highest BCUT2D eigenvalue weighted by Gasteiger charge is 2.28. The van der Waals surface area contributed by atoms with E-state index in [-0.39, 0.29) is 0 Å². The summed E-state index contributed by atoms with van der Waals surface area (Å²) in [5.74, 6) is 0. The number of rotatable bonds is 2. The summed E-state index contributed by atoms with van der Waals surface area (Å²) in [6, 6.07) is 9.50. The molecule has 0 radical (unpaired) electrons. The Morgan fingerprint density at radius 3 is 2.94 bits per heavy atom. The van der Waals surface area contributed by atoms with Crippen LogP contribution in [0, 0.1) is 0 Å². The van der Waals surface area contributed by atoms with Crippen LogP contribution in [0.15, 0.2) is 24.3 Å². The van der Waals surface area contributed by atoms with Crippen molar-refractivity contribution in [2.75, 3.05) is 31.1 Å². The second-order valence-corrected chi connectivity index (χ2v) is 5.51. The summed E-state index contributed by atoms with van der Waals surface area (Å²) in [6.07, 6.45) is 4.03. The van der Waals surface area contributed by atoms with Crippen LogP contribution < -0.4 is 10.6 Å². The lowest BCUT2D eigenvalue weighted by Gasteiger charge is -2.27. The molecule has 18 heavy (non-hydrogen) atoms. The molecule has 0 aliphatic carbocycles. The predicted octanol–water partition coefficient (Wildman–Crippen LogP) is 1.82. The number of nitrogens with zero attached hydrogens (tertiary/aromatic N) is 2. The highest BCUT2D eigenvalue weighted by atomic mass is 15.3. The maximum atomic E-state index is 5.74. The number of hydrogen-bond donors (Lipinski definition) is 1. The van der Waals surface area contributed by atoms with E-state index in [0.717, 1.165) is 6.04 Å². The first-order chi connectivity index (χ1) is 8.86. The van der Waals surface area contributed by atoms with Gasteiger partial charge in [0, 0.05) is 37.9 Å². The first-order valence-electron chi connectivity index (χ1n) is 7.15. The fourth-order valence-corrected chi connectivity index (χ4v) is 3.32. The van der Waals surface area contributed by atoms with Crippen LogP contribution in [-0.4, -0.2) is 37.1 Å². The van der Waals surface area contributed by atoms with Crippen LogP contribution in [0.5, 0.6) is 0 Å². The van der Waals surface area contributed by atoms with Gasteiger partial charge in [-0.25, -0.2) is 0 Å². The molecule has 2 aliphatic heterocycles. The van der Waals surface area contributed by atoms with E-state index in [2.05, 4.69) is 34.1 Å². The molecule has 98 valence electrons. The minimum atomic E-state index is 0.636. The molecule has 3 heteroatoms. The SMILES string of the molecule is NCc1cccc(N2CCCN3CCCC3C2)c1. The Hall–Kier alpha value is -1.06. The number of anilines is 1. The number of fused-ring (bicyclic) bond motifs is 1. The second kappa shape index (κ2) is 5.29. The van der Waals surface area contributed by atoms with E-state index < -0.39 is 0 Å². The molecule has 2 heterocycles. The van der Waals surface area contributed by atoms with Crippen LogP contribution in [0.1, 0.15) is 24.8 Å². The van der Waals surface area contributed by atoms with Crippen molar-refractivity contribution < 1.29 is 0 Å². The highest BCUT2D eigenvalue weighted by molar-refractivity contribution is 5.49. The van der Waals surface area contributed by atoms with Crippen molar-refractivity contribution in [1.29, 1.82) is 0 Å². The molecule has 2 fully saturated rings. The molecule has 1 unspecified atom stereocenters. The monoisotopic (exact) mass is 245 g/mol. The summed E-state index contributed by atoms with van der Waals surface area (Å²) in [6.45, 7) is 5.59. The molecular formula is C15H23N3. The molecule has 2 aliphatic rings. The highest BCUT2D eigenvalue weighted by Crippen LogP contribution is 2.25. The van der Waals surface area contributed by atoms with Crippen molar-refractivity contribution in [2.24, 2.45) is 5.73 Å². The van der Waals surface area contributed by atoms with Crippen LogP contribution in [0.25, 0.3) is 0 Å². The molecule has 0 amide bonds. The molecule has 3 rings (SSSR count). The van der Waals surface area contributed by atoms with Gasteiger partial charge in [0.1, 0.15) is 0 Å². The van der Waals surface area contributed by atoms with E-state index in [9.17, 15) is 0 Å². The van der Waals surface area contributed by atoms with E-state index in [4.69, 9.17) is 5.73 Å². The maximum absolute atomic E-state index is 5.74. The lowest BCUT2D eigenvalue weighted by Crippen LogP contribution is -2.36. The molecule has 2 N–H and O–H groups in total. The number of nitrogens with two attached hydrogens (primary N) is 1. The van der Waals surface area contributed by atoms with E-state index in [0.29, 0.717) is 6.54 Å². The molecule has 1 aromatic rings. The van der Waals surface area contributed by atoms with Crippen LogP contribution in [0.3, 0.4) is 0 Å². The quantitative estimate of drug-likeness (QED) is 0.862. The molecule has 2 saturated heterocycles. The molecule has 0 saturated carbocycles. The summed E-state index contributed by atoms with van der Waals surface area (Å²) in [5, 5.41) is 0. The first-order valence-corrected chi connectivity index (χ1v) is 7.15. The molecule has 0 aromatic heterocycles. The normalized spacial score (nSPS) is 24.9. The van der Waals surface area contributed by atoms with Gasteiger partial charge in [0.2, 0.25) is 0 Å². The molecule has 1 atom stereocenters. The van der Waals surface area contributed by atoms with Crippen LogP contribution in [0.4, 0.5) is 5.69 Å². The van der Waals surface area contributed by atoms with Crippen molar-refractivity contribution >= 4 is 5.69 Å². The first kappa shape index (κ1) is 12.0. The van der Waals surface area contributed by atoms with Crippen LogP contribution >= 0.6 is 0 Å². The minimum absolute atomic E-state index is 0.636. The van der Waals surface area contributed by atoms with E-state index in [1.807, 2.05) is 0 Å². The Morgan fingerprint density at radius 1 is 1.17 bits per heavy atom. The topological polar surface area (TPSA) is 32.5 Å². The minimum Gasteiger partial charge on any atom is -0.370 e.